The van der Waals surface area contributed by atoms with Crippen molar-refractivity contribution in [2.24, 2.45) is 11.3 Å². The summed E-state index contributed by atoms with van der Waals surface area (Å²) in [6, 6.07) is -0.0834. The summed E-state index contributed by atoms with van der Waals surface area (Å²) in [5, 5.41) is 2.88. The quantitative estimate of drug-likeness (QED) is 0.728. The fourth-order valence-electron chi connectivity index (χ4n) is 2.03. The van der Waals surface area contributed by atoms with Crippen LogP contribution in [0, 0.1) is 11.3 Å². The number of nitrogens with one attached hydrogen (secondary N) is 1. The van der Waals surface area contributed by atoms with Gasteiger partial charge in [-0.1, -0.05) is 34.1 Å². The third-order valence-corrected chi connectivity index (χ3v) is 2.86. The molecule has 2 atom stereocenters. The third-order valence-electron chi connectivity index (χ3n) is 2.86. The van der Waals surface area contributed by atoms with Gasteiger partial charge in [-0.15, -0.1) is 0 Å². The van der Waals surface area contributed by atoms with Gasteiger partial charge in [0.05, 0.1) is 6.67 Å². The molecule has 90 valence electrons. The highest BCUT2D eigenvalue weighted by atomic mass is 19.1. The van der Waals surface area contributed by atoms with Crippen LogP contribution in [0.5, 0.6) is 0 Å². The highest BCUT2D eigenvalue weighted by Crippen LogP contribution is 2.29. The average Bonchev–Trinajstić information content (AvgIpc) is 2.14. The Labute approximate surface area is 92.6 Å². The van der Waals surface area contributed by atoms with E-state index in [0.717, 1.165) is 12.8 Å². The molecule has 3 heteroatoms. The molecule has 0 bridgehead atoms. The molecule has 15 heavy (non-hydrogen) atoms. The zero-order chi connectivity index (χ0) is 12.1. The lowest BCUT2D eigenvalue weighted by atomic mass is 9.77. The molecule has 0 rings (SSSR count). The van der Waals surface area contributed by atoms with Gasteiger partial charge in [0.25, 0.3) is 0 Å². The predicted octanol–water partition coefficient (Wildman–Crippen LogP) is 2.92. The molecule has 0 heterocycles. The molecule has 0 aliphatic rings. The molecule has 1 N–H and O–H groups in total. The monoisotopic (exact) mass is 217 g/mol. The number of hydrogen-bond acceptors (Lipinski definition) is 1. The zero-order valence-corrected chi connectivity index (χ0v) is 10.6. The van der Waals surface area contributed by atoms with Crippen LogP contribution in [-0.2, 0) is 4.79 Å². The summed E-state index contributed by atoms with van der Waals surface area (Å²) < 4.78 is 12.9. The Morgan fingerprint density at radius 2 is 2.00 bits per heavy atom. The molecule has 0 spiro atoms. The second-order valence-electron chi connectivity index (χ2n) is 5.07. The van der Waals surface area contributed by atoms with Crippen molar-refractivity contribution in [3.05, 3.63) is 0 Å². The van der Waals surface area contributed by atoms with Gasteiger partial charge in [-0.25, -0.2) is 0 Å². The minimum atomic E-state index is -0.486. The summed E-state index contributed by atoms with van der Waals surface area (Å²) in [4.78, 5) is 11.1. The van der Waals surface area contributed by atoms with Crippen LogP contribution < -0.4 is 5.32 Å². The molecule has 0 aromatic rings. The Bertz CT molecular complexity index is 204. The Hall–Kier alpha value is -0.600. The fourth-order valence-corrected chi connectivity index (χ4v) is 2.03. The first kappa shape index (κ1) is 14.4. The first-order valence-electron chi connectivity index (χ1n) is 5.68. The van der Waals surface area contributed by atoms with Crippen LogP contribution in [0.15, 0.2) is 0 Å². The number of rotatable bonds is 6. The lowest BCUT2D eigenvalue weighted by Gasteiger charge is -2.36. The van der Waals surface area contributed by atoms with Gasteiger partial charge in [0, 0.05) is 18.4 Å². The van der Waals surface area contributed by atoms with Gasteiger partial charge in [-0.3, -0.25) is 9.18 Å². The first-order valence-corrected chi connectivity index (χ1v) is 5.68. The van der Waals surface area contributed by atoms with E-state index in [-0.39, 0.29) is 11.9 Å². The van der Waals surface area contributed by atoms with E-state index in [9.17, 15) is 9.18 Å². The Morgan fingerprint density at radius 3 is 2.33 bits per heavy atom. The normalized spacial score (nSPS) is 15.9. The van der Waals surface area contributed by atoms with Crippen LogP contribution in [0.4, 0.5) is 4.39 Å². The summed E-state index contributed by atoms with van der Waals surface area (Å²) >= 11 is 0. The predicted molar refractivity (Wildman–Crippen MR) is 61.4 cm³/mol. The number of amides is 1. The Morgan fingerprint density at radius 1 is 1.47 bits per heavy atom. The van der Waals surface area contributed by atoms with Crippen molar-refractivity contribution < 1.29 is 9.18 Å². The van der Waals surface area contributed by atoms with E-state index < -0.39 is 12.1 Å². The summed E-state index contributed by atoms with van der Waals surface area (Å²) in [6.07, 6.45) is 2.06. The third kappa shape index (κ3) is 4.63. The molecule has 0 radical (unpaired) electrons. The van der Waals surface area contributed by atoms with Crippen molar-refractivity contribution in [1.29, 1.82) is 0 Å². The first-order chi connectivity index (χ1) is 6.85. The van der Waals surface area contributed by atoms with E-state index in [1.807, 2.05) is 13.8 Å². The average molecular weight is 217 g/mol. The van der Waals surface area contributed by atoms with Crippen molar-refractivity contribution in [3.63, 3.8) is 0 Å². The number of halogens is 1. The minimum absolute atomic E-state index is 0.0792. The van der Waals surface area contributed by atoms with Gasteiger partial charge in [0.2, 0.25) is 5.91 Å². The molecule has 0 saturated heterocycles. The lowest BCUT2D eigenvalue weighted by molar-refractivity contribution is -0.121. The Kier molecular flexibility index (Phi) is 5.84. The highest BCUT2D eigenvalue weighted by Gasteiger charge is 2.33. The van der Waals surface area contributed by atoms with E-state index in [1.54, 1.807) is 0 Å². The van der Waals surface area contributed by atoms with Crippen LogP contribution in [0.1, 0.15) is 47.5 Å². The van der Waals surface area contributed by atoms with E-state index in [0.29, 0.717) is 5.92 Å². The maximum atomic E-state index is 12.9. The van der Waals surface area contributed by atoms with E-state index >= 15 is 0 Å². The van der Waals surface area contributed by atoms with E-state index in [1.165, 1.54) is 6.92 Å². The SMILES string of the molecule is CCCC(C)C(NC(C)=O)C(C)(C)CF. The Balaban J connectivity index is 4.63. The summed E-state index contributed by atoms with van der Waals surface area (Å²) in [7, 11) is 0. The van der Waals surface area contributed by atoms with Gasteiger partial charge < -0.3 is 5.32 Å². The van der Waals surface area contributed by atoms with Crippen molar-refractivity contribution >= 4 is 5.91 Å². The maximum absolute atomic E-state index is 12.9. The number of hydrogen-bond donors (Lipinski definition) is 1. The largest absolute Gasteiger partial charge is 0.353 e. The smallest absolute Gasteiger partial charge is 0.217 e. The van der Waals surface area contributed by atoms with Gasteiger partial charge in [0.1, 0.15) is 0 Å². The number of alkyl halides is 1. The number of carbonyl (C=O) groups is 1. The zero-order valence-electron chi connectivity index (χ0n) is 10.6. The molecule has 0 saturated carbocycles. The van der Waals surface area contributed by atoms with E-state index in [2.05, 4.69) is 19.2 Å². The summed E-state index contributed by atoms with van der Waals surface area (Å²) in [5.41, 5.74) is -0.486. The van der Waals surface area contributed by atoms with Crippen LogP contribution in [0.3, 0.4) is 0 Å². The van der Waals surface area contributed by atoms with Gasteiger partial charge in [-0.05, 0) is 12.3 Å². The topological polar surface area (TPSA) is 29.1 Å². The molecule has 0 aliphatic heterocycles. The molecule has 0 aromatic heterocycles. The second kappa shape index (κ2) is 6.09. The summed E-state index contributed by atoms with van der Waals surface area (Å²) in [6.45, 7) is 8.97. The number of carbonyl (C=O) groups excluding carboxylic acids is 1. The highest BCUT2D eigenvalue weighted by molar-refractivity contribution is 5.73. The van der Waals surface area contributed by atoms with Gasteiger partial charge in [0.15, 0.2) is 0 Å². The summed E-state index contributed by atoms with van der Waals surface area (Å²) in [5.74, 6) is 0.231. The molecule has 0 fully saturated rings. The van der Waals surface area contributed by atoms with Crippen LogP contribution in [-0.4, -0.2) is 18.6 Å². The van der Waals surface area contributed by atoms with Crippen molar-refractivity contribution in [2.45, 2.75) is 53.5 Å². The minimum Gasteiger partial charge on any atom is -0.353 e. The van der Waals surface area contributed by atoms with Crippen LogP contribution >= 0.6 is 0 Å². The van der Waals surface area contributed by atoms with Crippen molar-refractivity contribution in [2.75, 3.05) is 6.67 Å². The van der Waals surface area contributed by atoms with E-state index in [4.69, 9.17) is 0 Å². The lowest BCUT2D eigenvalue weighted by Crippen LogP contribution is -2.49. The molecule has 0 aliphatic carbocycles. The van der Waals surface area contributed by atoms with Crippen molar-refractivity contribution in [3.8, 4) is 0 Å². The van der Waals surface area contributed by atoms with Crippen LogP contribution in [0.25, 0.3) is 0 Å². The molecule has 2 unspecified atom stereocenters. The molecule has 1 amide bonds. The van der Waals surface area contributed by atoms with Gasteiger partial charge in [-0.2, -0.15) is 0 Å². The molecular weight excluding hydrogens is 193 g/mol. The van der Waals surface area contributed by atoms with Gasteiger partial charge >= 0.3 is 0 Å². The second-order valence-corrected chi connectivity index (χ2v) is 5.07. The standard InChI is InChI=1S/C12H24FNO/c1-6-7-9(2)11(14-10(3)15)12(4,5)8-13/h9,11H,6-8H2,1-5H3,(H,14,15). The fraction of sp³-hybridized carbons (Fsp3) is 0.917. The maximum Gasteiger partial charge on any atom is 0.217 e. The molecular formula is C12H24FNO. The molecule has 0 aromatic carbocycles. The van der Waals surface area contributed by atoms with Crippen molar-refractivity contribution in [1.82, 2.24) is 5.32 Å². The van der Waals surface area contributed by atoms with Crippen LogP contribution in [0.2, 0.25) is 0 Å². The molecule has 2 nitrogen and oxygen atoms in total.